The maximum absolute atomic E-state index is 12.9. The van der Waals surface area contributed by atoms with Gasteiger partial charge >= 0.3 is 6.18 Å². The lowest BCUT2D eigenvalue weighted by atomic mass is 9.72. The number of nitrogens with one attached hydrogen (secondary N) is 1. The molecule has 0 aromatic heterocycles. The van der Waals surface area contributed by atoms with Crippen LogP contribution in [0.4, 0.5) is 13.2 Å². The fourth-order valence-corrected chi connectivity index (χ4v) is 3.04. The maximum atomic E-state index is 12.9. The molecule has 0 spiro atoms. The molecule has 3 atom stereocenters. The summed E-state index contributed by atoms with van der Waals surface area (Å²) in [5.74, 6) is -1.11. The van der Waals surface area contributed by atoms with Gasteiger partial charge in [-0.1, -0.05) is 26.7 Å². The van der Waals surface area contributed by atoms with E-state index in [-0.39, 0.29) is 17.9 Å². The molecule has 0 radical (unpaired) electrons. The van der Waals surface area contributed by atoms with Crippen molar-refractivity contribution in [1.82, 2.24) is 5.32 Å². The Kier molecular flexibility index (Phi) is 4.65. The zero-order valence-electron chi connectivity index (χ0n) is 10.3. The molecule has 1 aliphatic carbocycles. The van der Waals surface area contributed by atoms with E-state index in [1.165, 1.54) is 0 Å². The Morgan fingerprint density at radius 1 is 1.12 bits per heavy atom. The van der Waals surface area contributed by atoms with Crippen molar-refractivity contribution in [2.24, 2.45) is 17.8 Å². The Morgan fingerprint density at radius 2 is 1.69 bits per heavy atom. The van der Waals surface area contributed by atoms with Gasteiger partial charge in [0.05, 0.1) is 5.92 Å². The highest BCUT2D eigenvalue weighted by Crippen LogP contribution is 2.43. The number of halogens is 3. The van der Waals surface area contributed by atoms with Crippen molar-refractivity contribution in [1.29, 1.82) is 0 Å². The second kappa shape index (κ2) is 5.39. The van der Waals surface area contributed by atoms with Crippen LogP contribution in [-0.2, 0) is 0 Å². The van der Waals surface area contributed by atoms with Gasteiger partial charge in [-0.15, -0.1) is 0 Å². The molecule has 0 saturated heterocycles. The number of rotatable bonds is 3. The molecule has 0 heterocycles. The predicted molar refractivity (Wildman–Crippen MR) is 59.2 cm³/mol. The summed E-state index contributed by atoms with van der Waals surface area (Å²) in [5.41, 5.74) is 0. The van der Waals surface area contributed by atoms with Crippen LogP contribution in [0.1, 0.15) is 39.5 Å². The topological polar surface area (TPSA) is 12.0 Å². The molecule has 3 unspecified atom stereocenters. The van der Waals surface area contributed by atoms with Crippen molar-refractivity contribution in [3.8, 4) is 0 Å². The fraction of sp³-hybridized carbons (Fsp3) is 1.00. The minimum Gasteiger partial charge on any atom is -0.316 e. The van der Waals surface area contributed by atoms with Gasteiger partial charge in [-0.05, 0) is 31.7 Å². The van der Waals surface area contributed by atoms with Gasteiger partial charge in [0.2, 0.25) is 0 Å². The number of hydrogen-bond acceptors (Lipinski definition) is 1. The first kappa shape index (κ1) is 13.8. The van der Waals surface area contributed by atoms with Crippen molar-refractivity contribution < 1.29 is 13.2 Å². The minimum absolute atomic E-state index is 0.0214. The largest absolute Gasteiger partial charge is 0.392 e. The van der Waals surface area contributed by atoms with Gasteiger partial charge in [0.1, 0.15) is 0 Å². The molecule has 1 nitrogen and oxygen atoms in total. The van der Waals surface area contributed by atoms with Gasteiger partial charge in [0.15, 0.2) is 0 Å². The number of hydrogen-bond donors (Lipinski definition) is 1. The van der Waals surface area contributed by atoms with Crippen LogP contribution in [0, 0.1) is 17.8 Å². The molecule has 1 N–H and O–H groups in total. The van der Waals surface area contributed by atoms with Crippen molar-refractivity contribution in [3.63, 3.8) is 0 Å². The van der Waals surface area contributed by atoms with E-state index in [0.717, 1.165) is 12.8 Å². The molecule has 0 aromatic rings. The molecule has 1 saturated carbocycles. The van der Waals surface area contributed by atoms with Crippen LogP contribution < -0.4 is 5.32 Å². The summed E-state index contributed by atoms with van der Waals surface area (Å²) in [6.07, 6.45) is -1.38. The van der Waals surface area contributed by atoms with E-state index in [9.17, 15) is 13.2 Å². The Bertz CT molecular complexity index is 213. The first-order valence-corrected chi connectivity index (χ1v) is 6.12. The molecule has 1 aliphatic rings. The molecule has 0 aliphatic heterocycles. The van der Waals surface area contributed by atoms with Crippen LogP contribution in [0.15, 0.2) is 0 Å². The molecule has 0 bridgehead atoms. The lowest BCUT2D eigenvalue weighted by Gasteiger charge is -2.39. The third-order valence-corrected chi connectivity index (χ3v) is 3.75. The molecule has 0 aromatic carbocycles. The molecule has 0 amide bonds. The molecule has 96 valence electrons. The highest BCUT2D eigenvalue weighted by molar-refractivity contribution is 4.89. The monoisotopic (exact) mass is 237 g/mol. The summed E-state index contributed by atoms with van der Waals surface area (Å²) in [6, 6.07) is -0.0214. The minimum atomic E-state index is -4.03. The lowest BCUT2D eigenvalue weighted by Crippen LogP contribution is -2.47. The second-order valence-electron chi connectivity index (χ2n) is 5.15. The summed E-state index contributed by atoms with van der Waals surface area (Å²) < 4.78 is 38.8. The van der Waals surface area contributed by atoms with E-state index in [1.807, 2.05) is 13.8 Å². The Morgan fingerprint density at radius 3 is 2.12 bits per heavy atom. The SMILES string of the molecule is CNC(C(C)C)C1CCCCC1C(F)(F)F. The van der Waals surface area contributed by atoms with Crippen molar-refractivity contribution in [2.45, 2.75) is 51.7 Å². The quantitative estimate of drug-likeness (QED) is 0.790. The Hall–Kier alpha value is -0.250. The summed E-state index contributed by atoms with van der Waals surface area (Å²) in [7, 11) is 1.77. The predicted octanol–water partition coefficient (Wildman–Crippen LogP) is 3.60. The molecule has 1 rings (SSSR count). The first-order valence-electron chi connectivity index (χ1n) is 6.12. The van der Waals surface area contributed by atoms with Crippen LogP contribution in [0.3, 0.4) is 0 Å². The highest BCUT2D eigenvalue weighted by Gasteiger charge is 2.47. The van der Waals surface area contributed by atoms with E-state index in [2.05, 4.69) is 5.32 Å². The average molecular weight is 237 g/mol. The van der Waals surface area contributed by atoms with Crippen molar-refractivity contribution in [2.75, 3.05) is 7.05 Å². The summed E-state index contributed by atoms with van der Waals surface area (Å²) in [5, 5.41) is 3.07. The zero-order valence-corrected chi connectivity index (χ0v) is 10.3. The summed E-state index contributed by atoms with van der Waals surface area (Å²) in [6.45, 7) is 3.98. The zero-order chi connectivity index (χ0) is 12.3. The third-order valence-electron chi connectivity index (χ3n) is 3.75. The molecular formula is C12H22F3N. The van der Waals surface area contributed by atoms with Crippen molar-refractivity contribution >= 4 is 0 Å². The lowest BCUT2D eigenvalue weighted by molar-refractivity contribution is -0.200. The van der Waals surface area contributed by atoms with Crippen LogP contribution >= 0.6 is 0 Å². The van der Waals surface area contributed by atoms with Gasteiger partial charge in [-0.2, -0.15) is 13.2 Å². The fourth-order valence-electron chi connectivity index (χ4n) is 3.04. The molecule has 4 heteroatoms. The second-order valence-corrected chi connectivity index (χ2v) is 5.15. The average Bonchev–Trinajstić information content (AvgIpc) is 2.17. The van der Waals surface area contributed by atoms with E-state index in [1.54, 1.807) is 7.05 Å². The van der Waals surface area contributed by atoms with E-state index >= 15 is 0 Å². The molecule has 16 heavy (non-hydrogen) atoms. The smallest absolute Gasteiger partial charge is 0.316 e. The summed E-state index contributed by atoms with van der Waals surface area (Å²) >= 11 is 0. The first-order chi connectivity index (χ1) is 7.38. The van der Waals surface area contributed by atoms with Crippen molar-refractivity contribution in [3.05, 3.63) is 0 Å². The summed E-state index contributed by atoms with van der Waals surface area (Å²) in [4.78, 5) is 0. The van der Waals surface area contributed by atoms with Crippen LogP contribution in [0.2, 0.25) is 0 Å². The van der Waals surface area contributed by atoms with Crippen LogP contribution in [0.5, 0.6) is 0 Å². The maximum Gasteiger partial charge on any atom is 0.392 e. The van der Waals surface area contributed by atoms with E-state index < -0.39 is 12.1 Å². The van der Waals surface area contributed by atoms with Crippen LogP contribution in [-0.4, -0.2) is 19.3 Å². The highest BCUT2D eigenvalue weighted by atomic mass is 19.4. The van der Waals surface area contributed by atoms with E-state index in [4.69, 9.17) is 0 Å². The molecular weight excluding hydrogens is 215 g/mol. The van der Waals surface area contributed by atoms with Gasteiger partial charge in [-0.25, -0.2) is 0 Å². The van der Waals surface area contributed by atoms with Gasteiger partial charge < -0.3 is 5.32 Å². The normalized spacial score (nSPS) is 29.4. The van der Waals surface area contributed by atoms with Gasteiger partial charge in [0.25, 0.3) is 0 Å². The number of alkyl halides is 3. The van der Waals surface area contributed by atoms with Gasteiger partial charge in [0, 0.05) is 6.04 Å². The Balaban J connectivity index is 2.80. The van der Waals surface area contributed by atoms with E-state index in [0.29, 0.717) is 12.8 Å². The third kappa shape index (κ3) is 3.12. The van der Waals surface area contributed by atoms with Gasteiger partial charge in [-0.3, -0.25) is 0 Å². The van der Waals surface area contributed by atoms with Crippen LogP contribution in [0.25, 0.3) is 0 Å². The molecule has 1 fully saturated rings. The standard InChI is InChI=1S/C12H22F3N/c1-8(2)11(16-3)9-6-4-5-7-10(9)12(13,14)15/h8-11,16H,4-7H2,1-3H3. The Labute approximate surface area is 95.8 Å².